The Kier molecular flexibility index (Phi) is 7.95. The van der Waals surface area contributed by atoms with Gasteiger partial charge in [0.2, 0.25) is 10.0 Å². The van der Waals surface area contributed by atoms with Crippen LogP contribution in [0.25, 0.3) is 0 Å². The fourth-order valence-corrected chi connectivity index (χ4v) is 5.58. The number of amides is 1. The van der Waals surface area contributed by atoms with Crippen LogP contribution < -0.4 is 5.32 Å². The van der Waals surface area contributed by atoms with Crippen molar-refractivity contribution < 1.29 is 27.1 Å². The van der Waals surface area contributed by atoms with E-state index < -0.39 is 26.6 Å². The summed E-state index contributed by atoms with van der Waals surface area (Å²) in [7, 11) is -4.08. The van der Waals surface area contributed by atoms with E-state index in [0.29, 0.717) is 19.8 Å². The van der Waals surface area contributed by atoms with Gasteiger partial charge in [-0.1, -0.05) is 29.8 Å². The van der Waals surface area contributed by atoms with Crippen molar-refractivity contribution in [1.82, 2.24) is 14.5 Å². The van der Waals surface area contributed by atoms with Crippen LogP contribution in [-0.2, 0) is 19.5 Å². The van der Waals surface area contributed by atoms with Gasteiger partial charge in [0.15, 0.2) is 0 Å². The Morgan fingerprint density at radius 3 is 2.26 bits per heavy atom. The number of benzene rings is 2. The highest BCUT2D eigenvalue weighted by atomic mass is 32.2. The minimum Gasteiger partial charge on any atom is -0.379 e. The standard InChI is InChI=1S/C24H30FN3O5S/c1-18-2-4-19(5-3-18)22(17-27-8-12-32-13-9-27)26-24(29)20-6-7-21(25)23(16-20)34(30,31)28-10-14-33-15-11-28/h2-7,16,22H,8-15,17H2,1H3,(H,26,29)/t22-/m0/s1. The fourth-order valence-electron chi connectivity index (χ4n) is 4.08. The van der Waals surface area contributed by atoms with E-state index >= 15 is 0 Å². The van der Waals surface area contributed by atoms with Crippen molar-refractivity contribution in [3.8, 4) is 0 Å². The van der Waals surface area contributed by atoms with Gasteiger partial charge in [0.25, 0.3) is 5.91 Å². The Balaban J connectivity index is 1.57. The van der Waals surface area contributed by atoms with Crippen LogP contribution >= 0.6 is 0 Å². The quantitative estimate of drug-likeness (QED) is 0.637. The molecule has 2 aromatic carbocycles. The summed E-state index contributed by atoms with van der Waals surface area (Å²) < 4.78 is 52.4. The number of halogens is 1. The lowest BCUT2D eigenvalue weighted by molar-refractivity contribution is 0.0332. The van der Waals surface area contributed by atoms with Crippen LogP contribution in [0.4, 0.5) is 4.39 Å². The van der Waals surface area contributed by atoms with Crippen molar-refractivity contribution >= 4 is 15.9 Å². The smallest absolute Gasteiger partial charge is 0.251 e. The van der Waals surface area contributed by atoms with E-state index in [2.05, 4.69) is 10.2 Å². The highest BCUT2D eigenvalue weighted by Gasteiger charge is 2.30. The summed E-state index contributed by atoms with van der Waals surface area (Å²) in [4.78, 5) is 14.9. The van der Waals surface area contributed by atoms with E-state index in [1.807, 2.05) is 31.2 Å². The molecule has 184 valence electrons. The van der Waals surface area contributed by atoms with Gasteiger partial charge in [0.1, 0.15) is 10.7 Å². The number of morpholine rings is 2. The first kappa shape index (κ1) is 24.7. The zero-order valence-electron chi connectivity index (χ0n) is 19.2. The van der Waals surface area contributed by atoms with Crippen LogP contribution in [0.5, 0.6) is 0 Å². The minimum atomic E-state index is -4.08. The van der Waals surface area contributed by atoms with Crippen LogP contribution in [0, 0.1) is 12.7 Å². The number of hydrogen-bond acceptors (Lipinski definition) is 6. The maximum atomic E-state index is 14.6. The van der Waals surface area contributed by atoms with Gasteiger partial charge in [0.05, 0.1) is 32.5 Å². The van der Waals surface area contributed by atoms with Crippen molar-refractivity contribution in [2.24, 2.45) is 0 Å². The fraction of sp³-hybridized carbons (Fsp3) is 0.458. The van der Waals surface area contributed by atoms with Gasteiger partial charge in [-0.2, -0.15) is 4.31 Å². The number of hydrogen-bond donors (Lipinski definition) is 1. The zero-order valence-corrected chi connectivity index (χ0v) is 20.0. The maximum absolute atomic E-state index is 14.6. The molecule has 2 heterocycles. The Bertz CT molecular complexity index is 1100. The summed E-state index contributed by atoms with van der Waals surface area (Å²) in [6.07, 6.45) is 0. The first-order valence-corrected chi connectivity index (χ1v) is 12.8. The largest absolute Gasteiger partial charge is 0.379 e. The number of ether oxygens (including phenoxy) is 2. The molecular weight excluding hydrogens is 461 g/mol. The maximum Gasteiger partial charge on any atom is 0.251 e. The number of carbonyl (C=O) groups is 1. The molecule has 2 aliphatic rings. The van der Waals surface area contributed by atoms with E-state index in [9.17, 15) is 17.6 Å². The average molecular weight is 492 g/mol. The summed E-state index contributed by atoms with van der Waals surface area (Å²) in [5.74, 6) is -1.34. The zero-order chi connectivity index (χ0) is 24.1. The van der Waals surface area contributed by atoms with Gasteiger partial charge in [0, 0.05) is 38.3 Å². The lowest BCUT2D eigenvalue weighted by Crippen LogP contribution is -2.43. The van der Waals surface area contributed by atoms with Crippen molar-refractivity contribution in [1.29, 1.82) is 0 Å². The molecule has 0 bridgehead atoms. The SMILES string of the molecule is Cc1ccc([C@H](CN2CCOCC2)NC(=O)c2ccc(F)c(S(=O)(=O)N3CCOCC3)c2)cc1. The molecule has 1 atom stereocenters. The first-order chi connectivity index (χ1) is 16.3. The van der Waals surface area contributed by atoms with E-state index in [0.717, 1.165) is 36.3 Å². The highest BCUT2D eigenvalue weighted by Crippen LogP contribution is 2.23. The second-order valence-electron chi connectivity index (χ2n) is 8.51. The van der Waals surface area contributed by atoms with Crippen molar-refractivity contribution in [3.63, 3.8) is 0 Å². The summed E-state index contributed by atoms with van der Waals surface area (Å²) >= 11 is 0. The Morgan fingerprint density at radius 1 is 1.00 bits per heavy atom. The predicted molar refractivity (Wildman–Crippen MR) is 125 cm³/mol. The third kappa shape index (κ3) is 5.81. The molecule has 2 aromatic rings. The van der Waals surface area contributed by atoms with Gasteiger partial charge in [-0.05, 0) is 30.7 Å². The Hall–Kier alpha value is -2.37. The normalized spacial score (nSPS) is 19.0. The number of nitrogens with one attached hydrogen (secondary N) is 1. The summed E-state index contributed by atoms with van der Waals surface area (Å²) in [5, 5.41) is 3.02. The summed E-state index contributed by atoms with van der Waals surface area (Å²) in [5.41, 5.74) is 2.14. The third-order valence-corrected chi connectivity index (χ3v) is 8.02. The molecule has 0 saturated carbocycles. The number of aryl methyl sites for hydroxylation is 1. The molecule has 1 amide bonds. The monoisotopic (exact) mass is 491 g/mol. The Morgan fingerprint density at radius 2 is 1.62 bits per heavy atom. The molecule has 0 aliphatic carbocycles. The highest BCUT2D eigenvalue weighted by molar-refractivity contribution is 7.89. The molecule has 2 fully saturated rings. The van der Waals surface area contributed by atoms with Crippen molar-refractivity contribution in [2.75, 3.05) is 59.2 Å². The van der Waals surface area contributed by atoms with E-state index in [1.54, 1.807) is 0 Å². The molecule has 34 heavy (non-hydrogen) atoms. The van der Waals surface area contributed by atoms with Crippen LogP contribution in [0.15, 0.2) is 47.4 Å². The average Bonchev–Trinajstić information content (AvgIpc) is 2.85. The molecule has 4 rings (SSSR count). The van der Waals surface area contributed by atoms with E-state index in [4.69, 9.17) is 9.47 Å². The molecule has 2 aliphatic heterocycles. The predicted octanol–water partition coefficient (Wildman–Crippen LogP) is 1.96. The second-order valence-corrected chi connectivity index (χ2v) is 10.4. The molecule has 10 heteroatoms. The van der Waals surface area contributed by atoms with Crippen LogP contribution in [0.2, 0.25) is 0 Å². The first-order valence-electron chi connectivity index (χ1n) is 11.4. The van der Waals surface area contributed by atoms with Crippen LogP contribution in [0.3, 0.4) is 0 Å². The van der Waals surface area contributed by atoms with Crippen LogP contribution in [-0.4, -0.2) is 82.7 Å². The lowest BCUT2D eigenvalue weighted by atomic mass is 10.0. The van der Waals surface area contributed by atoms with Gasteiger partial charge < -0.3 is 14.8 Å². The molecule has 1 N–H and O–H groups in total. The molecule has 0 unspecified atom stereocenters. The number of rotatable bonds is 7. The van der Waals surface area contributed by atoms with E-state index in [-0.39, 0.29) is 37.9 Å². The molecule has 0 spiro atoms. The van der Waals surface area contributed by atoms with Gasteiger partial charge in [-0.15, -0.1) is 0 Å². The minimum absolute atomic E-state index is 0.0901. The number of carbonyl (C=O) groups excluding carboxylic acids is 1. The molecule has 0 aromatic heterocycles. The number of sulfonamides is 1. The number of nitrogens with zero attached hydrogens (tertiary/aromatic N) is 2. The van der Waals surface area contributed by atoms with Gasteiger partial charge in [-0.3, -0.25) is 9.69 Å². The van der Waals surface area contributed by atoms with Crippen LogP contribution in [0.1, 0.15) is 27.5 Å². The van der Waals surface area contributed by atoms with Crippen molar-refractivity contribution in [2.45, 2.75) is 17.9 Å². The lowest BCUT2D eigenvalue weighted by Gasteiger charge is -2.31. The molecule has 0 radical (unpaired) electrons. The van der Waals surface area contributed by atoms with Crippen molar-refractivity contribution in [3.05, 3.63) is 65.0 Å². The molecule has 8 nitrogen and oxygen atoms in total. The van der Waals surface area contributed by atoms with Gasteiger partial charge in [-0.25, -0.2) is 12.8 Å². The Labute approximate surface area is 199 Å². The summed E-state index contributed by atoms with van der Waals surface area (Å²) in [6.45, 7) is 6.16. The molecular formula is C24H30FN3O5S. The van der Waals surface area contributed by atoms with Gasteiger partial charge >= 0.3 is 0 Å². The third-order valence-electron chi connectivity index (χ3n) is 6.11. The summed E-state index contributed by atoms with van der Waals surface area (Å²) in [6, 6.07) is 11.1. The van der Waals surface area contributed by atoms with E-state index in [1.165, 1.54) is 10.4 Å². The topological polar surface area (TPSA) is 88.2 Å². The molecule has 2 saturated heterocycles. The second kappa shape index (κ2) is 10.9.